The molecule has 1 unspecified atom stereocenters. The summed E-state index contributed by atoms with van der Waals surface area (Å²) in [5.41, 5.74) is -0.254. The maximum Gasteiger partial charge on any atom is 1.00 e. The minimum atomic E-state index is -5.13. The van der Waals surface area contributed by atoms with Crippen LogP contribution in [-0.4, -0.2) is 85.8 Å². The van der Waals surface area contributed by atoms with Crippen molar-refractivity contribution >= 4 is 53.4 Å². The molecule has 0 spiro atoms. The number of hydrogen-bond acceptors (Lipinski definition) is 16. The van der Waals surface area contributed by atoms with Crippen LogP contribution in [0.1, 0.15) is 12.5 Å². The van der Waals surface area contributed by atoms with Crippen LogP contribution in [0.2, 0.25) is 0 Å². The largest absolute Gasteiger partial charge is 1.00 e. The van der Waals surface area contributed by atoms with Gasteiger partial charge >= 0.3 is 59.1 Å². The number of carbonyl (C=O) groups excluding carboxylic acids is 2. The minimum Gasteiger partial charge on any atom is -0.744 e. The van der Waals surface area contributed by atoms with E-state index in [2.05, 4.69) is 19.7 Å². The van der Waals surface area contributed by atoms with Crippen LogP contribution in [0.25, 0.3) is 0 Å². The number of carbonyl (C=O) groups is 2. The molecule has 2 rings (SSSR count). The number of amides is 1. The fourth-order valence-corrected chi connectivity index (χ4v) is 5.73. The van der Waals surface area contributed by atoms with E-state index >= 15 is 0 Å². The van der Waals surface area contributed by atoms with Crippen molar-refractivity contribution in [3.63, 3.8) is 0 Å². The SMILES string of the molecule is COc1cc(S(=O)(=O)CCOS(=O)(=O)[O-])c(OC)cc1N=NC(C(C)=O)C(=O)Nc1cc(C)c(S(=O)(=O)[O-])cc1OC.[Na+].[Na+]. The fraction of sp³-hybridized carbons (Fsp3) is 0.364. The molecule has 0 aliphatic heterocycles. The molecule has 0 saturated heterocycles. The van der Waals surface area contributed by atoms with E-state index < -0.39 is 70.2 Å². The Labute approximate surface area is 298 Å². The standard InChI is InChI=1S/C22H27N3O14S3.2Na/c1-12-8-14(16(36-3)10-19(12)41(30,31)32)23-22(27)21(13(2)26)25-24-15-9-18(38-5)20(11-17(15)37-4)40(28,29)7-6-39-42(33,34)35;;/h8-11,21H,6-7H2,1-5H3,(H,23,27)(H,30,31,32)(H,33,34,35);;/q;2*+1/p-2. The number of ketones is 1. The molecule has 1 N–H and O–H groups in total. The average Bonchev–Trinajstić information content (AvgIpc) is 2.86. The Morgan fingerprint density at radius 2 is 1.41 bits per heavy atom. The third kappa shape index (κ3) is 11.6. The quantitative estimate of drug-likeness (QED) is 0.0637. The monoisotopic (exact) mass is 697 g/mol. The molecule has 1 amide bonds. The van der Waals surface area contributed by atoms with Crippen LogP contribution in [0.5, 0.6) is 17.2 Å². The number of benzene rings is 2. The second-order valence-corrected chi connectivity index (χ2v) is 12.7. The Hall–Kier alpha value is -1.69. The van der Waals surface area contributed by atoms with Crippen molar-refractivity contribution in [2.75, 3.05) is 39.0 Å². The van der Waals surface area contributed by atoms with Gasteiger partial charge in [0, 0.05) is 18.2 Å². The van der Waals surface area contributed by atoms with Gasteiger partial charge in [0.1, 0.15) is 37.9 Å². The van der Waals surface area contributed by atoms with Gasteiger partial charge < -0.3 is 28.6 Å². The number of ether oxygens (including phenoxy) is 3. The number of aryl methyl sites for hydroxylation is 1. The van der Waals surface area contributed by atoms with E-state index in [1.165, 1.54) is 6.92 Å². The van der Waals surface area contributed by atoms with E-state index in [4.69, 9.17) is 14.2 Å². The molecule has 0 radical (unpaired) electrons. The molecule has 44 heavy (non-hydrogen) atoms. The van der Waals surface area contributed by atoms with Crippen molar-refractivity contribution in [2.24, 2.45) is 10.2 Å². The molecule has 0 heterocycles. The van der Waals surface area contributed by atoms with E-state index in [1.54, 1.807) is 0 Å². The van der Waals surface area contributed by atoms with Crippen molar-refractivity contribution in [1.82, 2.24) is 0 Å². The summed E-state index contributed by atoms with van der Waals surface area (Å²) in [4.78, 5) is 24.1. The average molecular weight is 698 g/mol. The number of anilines is 1. The number of sulfone groups is 1. The van der Waals surface area contributed by atoms with Crippen LogP contribution in [0.4, 0.5) is 11.4 Å². The first kappa shape index (κ1) is 42.3. The number of nitrogens with zero attached hydrogens (tertiary/aromatic N) is 2. The van der Waals surface area contributed by atoms with Gasteiger partial charge in [0.2, 0.25) is 16.4 Å². The summed E-state index contributed by atoms with van der Waals surface area (Å²) in [7, 11) is -10.8. The molecule has 17 nitrogen and oxygen atoms in total. The van der Waals surface area contributed by atoms with Gasteiger partial charge in [0.25, 0.3) is 5.91 Å². The van der Waals surface area contributed by atoms with Gasteiger partial charge in [-0.25, -0.2) is 25.3 Å². The van der Waals surface area contributed by atoms with E-state index in [0.29, 0.717) is 0 Å². The summed E-state index contributed by atoms with van der Waals surface area (Å²) in [6.45, 7) is 1.39. The minimum absolute atomic E-state index is 0. The summed E-state index contributed by atoms with van der Waals surface area (Å²) in [6.07, 6.45) is 0. The Morgan fingerprint density at radius 1 is 0.864 bits per heavy atom. The van der Waals surface area contributed by atoms with Gasteiger partial charge in [0.15, 0.2) is 15.6 Å². The molecule has 0 bridgehead atoms. The first-order valence-electron chi connectivity index (χ1n) is 11.3. The Morgan fingerprint density at radius 3 is 1.89 bits per heavy atom. The molecule has 22 heteroatoms. The normalized spacial score (nSPS) is 12.4. The topological polar surface area (TPSA) is 256 Å². The molecule has 1 atom stereocenters. The van der Waals surface area contributed by atoms with Crippen molar-refractivity contribution < 1.29 is 121 Å². The van der Waals surface area contributed by atoms with Crippen LogP contribution in [0.3, 0.4) is 0 Å². The van der Waals surface area contributed by atoms with Gasteiger partial charge in [0.05, 0.1) is 44.3 Å². The Bertz CT molecular complexity index is 1730. The summed E-state index contributed by atoms with van der Waals surface area (Å²) in [5.74, 6) is -3.39. The number of nitrogens with one attached hydrogen (secondary N) is 1. The number of methoxy groups -OCH3 is 3. The van der Waals surface area contributed by atoms with Gasteiger partial charge in [-0.1, -0.05) is 0 Å². The van der Waals surface area contributed by atoms with E-state index in [1.807, 2.05) is 0 Å². The van der Waals surface area contributed by atoms with Gasteiger partial charge in [-0.3, -0.25) is 13.8 Å². The summed E-state index contributed by atoms with van der Waals surface area (Å²) < 4.78 is 111. The number of Topliss-reactive ketones (excluding diaryl/α,β-unsaturated/α-hetero) is 1. The van der Waals surface area contributed by atoms with E-state index in [0.717, 1.165) is 52.5 Å². The summed E-state index contributed by atoms with van der Waals surface area (Å²) in [5, 5.41) is 9.95. The van der Waals surface area contributed by atoms with Gasteiger partial charge in [-0.15, -0.1) is 0 Å². The van der Waals surface area contributed by atoms with Crippen LogP contribution in [0, 0.1) is 6.92 Å². The van der Waals surface area contributed by atoms with Crippen molar-refractivity contribution in [3.05, 3.63) is 29.8 Å². The zero-order valence-corrected chi connectivity index (χ0v) is 31.1. The number of azo groups is 1. The first-order chi connectivity index (χ1) is 19.3. The fourth-order valence-electron chi connectivity index (χ4n) is 3.38. The van der Waals surface area contributed by atoms with Crippen molar-refractivity contribution in [1.29, 1.82) is 0 Å². The van der Waals surface area contributed by atoms with Gasteiger partial charge in [-0.2, -0.15) is 10.2 Å². The van der Waals surface area contributed by atoms with Crippen LogP contribution in [-0.2, 0) is 44.1 Å². The molecular weight excluding hydrogens is 672 g/mol. The summed E-state index contributed by atoms with van der Waals surface area (Å²) >= 11 is 0. The first-order valence-corrected chi connectivity index (χ1v) is 15.7. The molecule has 0 aliphatic carbocycles. The van der Waals surface area contributed by atoms with Crippen molar-refractivity contribution in [2.45, 2.75) is 29.7 Å². The molecule has 0 aromatic heterocycles. The molecule has 0 saturated carbocycles. The smallest absolute Gasteiger partial charge is 0.744 e. The predicted molar refractivity (Wildman–Crippen MR) is 141 cm³/mol. The number of hydrogen-bond donors (Lipinski definition) is 1. The molecular formula is C22H25N3Na2O14S3. The maximum atomic E-state index is 12.9. The molecule has 232 valence electrons. The number of rotatable bonds is 14. The van der Waals surface area contributed by atoms with Crippen LogP contribution in [0.15, 0.2) is 44.3 Å². The van der Waals surface area contributed by atoms with E-state index in [-0.39, 0.29) is 93.3 Å². The molecule has 2 aromatic rings. The zero-order chi connectivity index (χ0) is 32.0. The molecule has 0 fully saturated rings. The van der Waals surface area contributed by atoms with Gasteiger partial charge in [-0.05, 0) is 25.5 Å². The zero-order valence-electron chi connectivity index (χ0n) is 24.6. The van der Waals surface area contributed by atoms with Crippen LogP contribution < -0.4 is 78.6 Å². The third-order valence-electron chi connectivity index (χ3n) is 5.32. The second-order valence-electron chi connectivity index (χ2n) is 8.21. The van der Waals surface area contributed by atoms with Crippen molar-refractivity contribution in [3.8, 4) is 17.2 Å². The molecule has 0 aliphatic rings. The Kier molecular flexibility index (Phi) is 16.6. The third-order valence-corrected chi connectivity index (χ3v) is 8.45. The second kappa shape index (κ2) is 17.3. The maximum absolute atomic E-state index is 12.9. The molecule has 2 aromatic carbocycles. The Balaban J connectivity index is 0.00000924. The summed E-state index contributed by atoms with van der Waals surface area (Å²) in [6, 6.07) is 2.33. The van der Waals surface area contributed by atoms with Crippen LogP contribution >= 0.6 is 0 Å². The predicted octanol–water partition coefficient (Wildman–Crippen LogP) is -5.14. The van der Waals surface area contributed by atoms with E-state index in [9.17, 15) is 43.9 Å².